The van der Waals surface area contributed by atoms with E-state index >= 15 is 0 Å². The third kappa shape index (κ3) is 4.45. The van der Waals surface area contributed by atoms with Crippen molar-refractivity contribution in [3.05, 3.63) is 65.0 Å². The Morgan fingerprint density at radius 3 is 2.52 bits per heavy atom. The Labute approximate surface area is 142 Å². The summed E-state index contributed by atoms with van der Waals surface area (Å²) in [5.74, 6) is -0.462. The van der Waals surface area contributed by atoms with Crippen molar-refractivity contribution in [1.82, 2.24) is 5.32 Å². The predicted octanol–water partition coefficient (Wildman–Crippen LogP) is 3.85. The fourth-order valence-electron chi connectivity index (χ4n) is 2.39. The Hall–Kier alpha value is -2.07. The lowest BCUT2D eigenvalue weighted by molar-refractivity contribution is 0.0944. The topological polar surface area (TPSA) is 55.1 Å². The van der Waals surface area contributed by atoms with Crippen molar-refractivity contribution < 1.29 is 9.18 Å². The molecule has 0 saturated heterocycles. The fourth-order valence-corrected chi connectivity index (χ4v) is 2.39. The summed E-state index contributed by atoms with van der Waals surface area (Å²) in [6.07, 6.45) is 0. The van der Waals surface area contributed by atoms with Gasteiger partial charge in [0.25, 0.3) is 5.91 Å². The summed E-state index contributed by atoms with van der Waals surface area (Å²) in [7, 11) is 0. The molecule has 2 aromatic rings. The average molecular weight is 337 g/mol. The van der Waals surface area contributed by atoms with E-state index in [2.05, 4.69) is 5.32 Å². The molecular weight excluding hydrogens is 315 g/mol. The van der Waals surface area contributed by atoms with Gasteiger partial charge < -0.3 is 11.1 Å². The minimum absolute atomic E-state index is 0. The van der Waals surface area contributed by atoms with Gasteiger partial charge in [0.2, 0.25) is 0 Å². The molecule has 0 radical (unpaired) electrons. The Kier molecular flexibility index (Phi) is 6.16. The number of hydrogen-bond acceptors (Lipinski definition) is 2. The second-order valence-electron chi connectivity index (χ2n) is 6.12. The maximum absolute atomic E-state index is 13.9. The Bertz CT molecular complexity index is 701. The molecule has 23 heavy (non-hydrogen) atoms. The molecule has 0 heterocycles. The number of amides is 1. The van der Waals surface area contributed by atoms with Crippen LogP contribution >= 0.6 is 12.4 Å². The van der Waals surface area contributed by atoms with Crippen molar-refractivity contribution in [2.24, 2.45) is 0 Å². The van der Waals surface area contributed by atoms with Crippen LogP contribution in [0.5, 0.6) is 0 Å². The van der Waals surface area contributed by atoms with Gasteiger partial charge in [-0.15, -0.1) is 12.4 Å². The van der Waals surface area contributed by atoms with Gasteiger partial charge in [0, 0.05) is 23.2 Å². The first-order valence-corrected chi connectivity index (χ1v) is 7.20. The van der Waals surface area contributed by atoms with Crippen molar-refractivity contribution in [2.45, 2.75) is 26.2 Å². The zero-order chi connectivity index (χ0) is 16.3. The number of nitrogen functional groups attached to an aromatic ring is 1. The van der Waals surface area contributed by atoms with Crippen LogP contribution in [0.2, 0.25) is 0 Å². The van der Waals surface area contributed by atoms with Crippen molar-refractivity contribution in [3.63, 3.8) is 0 Å². The van der Waals surface area contributed by atoms with Gasteiger partial charge in [-0.2, -0.15) is 0 Å². The number of carbonyl (C=O) groups is 1. The van der Waals surface area contributed by atoms with Gasteiger partial charge in [0.15, 0.2) is 0 Å². The van der Waals surface area contributed by atoms with Gasteiger partial charge in [-0.25, -0.2) is 4.39 Å². The third-order valence-electron chi connectivity index (χ3n) is 3.80. The quantitative estimate of drug-likeness (QED) is 0.833. The van der Waals surface area contributed by atoms with E-state index in [1.807, 2.05) is 26.8 Å². The second kappa shape index (κ2) is 7.47. The molecular formula is C18H22ClFN2O. The molecule has 5 heteroatoms. The highest BCUT2D eigenvalue weighted by molar-refractivity contribution is 5.96. The normalized spacial score (nSPS) is 10.8. The lowest BCUT2D eigenvalue weighted by atomic mass is 9.84. The summed E-state index contributed by atoms with van der Waals surface area (Å²) < 4.78 is 13.9. The molecule has 0 spiro atoms. The molecule has 0 fully saturated rings. The molecule has 0 saturated carbocycles. The molecule has 1 amide bonds. The molecule has 3 N–H and O–H groups in total. The largest absolute Gasteiger partial charge is 0.399 e. The van der Waals surface area contributed by atoms with Crippen LogP contribution in [0, 0.1) is 12.7 Å². The van der Waals surface area contributed by atoms with Crippen LogP contribution in [0.1, 0.15) is 35.3 Å². The zero-order valence-electron chi connectivity index (χ0n) is 13.5. The molecule has 2 aromatic carbocycles. The number of rotatable bonds is 4. The van der Waals surface area contributed by atoms with Crippen LogP contribution < -0.4 is 11.1 Å². The zero-order valence-corrected chi connectivity index (χ0v) is 14.3. The van der Waals surface area contributed by atoms with Gasteiger partial charge in [0.1, 0.15) is 5.82 Å². The van der Waals surface area contributed by atoms with Crippen molar-refractivity contribution in [3.8, 4) is 0 Å². The number of benzene rings is 2. The van der Waals surface area contributed by atoms with Crippen LogP contribution in [0.15, 0.2) is 42.5 Å². The van der Waals surface area contributed by atoms with E-state index in [1.54, 1.807) is 30.3 Å². The third-order valence-corrected chi connectivity index (χ3v) is 3.80. The molecule has 2 rings (SSSR count). The van der Waals surface area contributed by atoms with E-state index < -0.39 is 5.41 Å². The van der Waals surface area contributed by atoms with E-state index in [0.717, 1.165) is 5.56 Å². The SMILES string of the molecule is Cc1ccc(N)cc1C(=O)NCC(C)(C)c1ccccc1F.Cl. The molecule has 0 bridgehead atoms. The summed E-state index contributed by atoms with van der Waals surface area (Å²) in [5.41, 5.74) is 7.75. The van der Waals surface area contributed by atoms with E-state index in [-0.39, 0.29) is 24.1 Å². The summed E-state index contributed by atoms with van der Waals surface area (Å²) in [6.45, 7) is 5.99. The van der Waals surface area contributed by atoms with Gasteiger partial charge in [-0.1, -0.05) is 38.1 Å². The molecule has 0 aliphatic rings. The van der Waals surface area contributed by atoms with Crippen LogP contribution in [-0.2, 0) is 5.41 Å². The first-order valence-electron chi connectivity index (χ1n) is 7.20. The number of anilines is 1. The number of hydrogen-bond donors (Lipinski definition) is 2. The number of halogens is 2. The highest BCUT2D eigenvalue weighted by Gasteiger charge is 2.25. The van der Waals surface area contributed by atoms with Gasteiger partial charge in [0.05, 0.1) is 0 Å². The first-order chi connectivity index (χ1) is 10.3. The fraction of sp³-hybridized carbons (Fsp3) is 0.278. The van der Waals surface area contributed by atoms with Crippen LogP contribution in [0.25, 0.3) is 0 Å². The van der Waals surface area contributed by atoms with Gasteiger partial charge in [-0.3, -0.25) is 4.79 Å². The van der Waals surface area contributed by atoms with Crippen LogP contribution in [0.4, 0.5) is 10.1 Å². The summed E-state index contributed by atoms with van der Waals surface area (Å²) in [5, 5.41) is 2.87. The van der Waals surface area contributed by atoms with Crippen molar-refractivity contribution in [2.75, 3.05) is 12.3 Å². The number of carbonyl (C=O) groups excluding carboxylic acids is 1. The average Bonchev–Trinajstić information content (AvgIpc) is 2.47. The number of nitrogens with two attached hydrogens (primary N) is 1. The highest BCUT2D eigenvalue weighted by atomic mass is 35.5. The summed E-state index contributed by atoms with van der Waals surface area (Å²) >= 11 is 0. The Morgan fingerprint density at radius 1 is 1.22 bits per heavy atom. The molecule has 0 aliphatic heterocycles. The molecule has 0 atom stereocenters. The summed E-state index contributed by atoms with van der Waals surface area (Å²) in [4.78, 5) is 12.3. The smallest absolute Gasteiger partial charge is 0.251 e. The predicted molar refractivity (Wildman–Crippen MR) is 94.6 cm³/mol. The van der Waals surface area contributed by atoms with E-state index in [0.29, 0.717) is 23.4 Å². The molecule has 0 unspecified atom stereocenters. The van der Waals surface area contributed by atoms with Crippen LogP contribution in [-0.4, -0.2) is 12.5 Å². The lowest BCUT2D eigenvalue weighted by Crippen LogP contribution is -2.37. The van der Waals surface area contributed by atoms with E-state index in [1.165, 1.54) is 6.07 Å². The summed E-state index contributed by atoms with van der Waals surface area (Å²) in [6, 6.07) is 11.9. The first kappa shape index (κ1) is 19.0. The monoisotopic (exact) mass is 336 g/mol. The van der Waals surface area contributed by atoms with Crippen molar-refractivity contribution in [1.29, 1.82) is 0 Å². The maximum atomic E-state index is 13.9. The Morgan fingerprint density at radius 2 is 1.87 bits per heavy atom. The second-order valence-corrected chi connectivity index (χ2v) is 6.12. The standard InChI is InChI=1S/C18H21FN2O.ClH/c1-12-8-9-13(20)10-14(12)17(22)21-11-18(2,3)15-6-4-5-7-16(15)19;/h4-10H,11,20H2,1-3H3,(H,21,22);1H. The maximum Gasteiger partial charge on any atom is 0.251 e. The van der Waals surface area contributed by atoms with Crippen LogP contribution in [0.3, 0.4) is 0 Å². The highest BCUT2D eigenvalue weighted by Crippen LogP contribution is 2.25. The van der Waals surface area contributed by atoms with Gasteiger partial charge >= 0.3 is 0 Å². The minimum Gasteiger partial charge on any atom is -0.399 e. The minimum atomic E-state index is -0.505. The van der Waals surface area contributed by atoms with Crippen molar-refractivity contribution >= 4 is 24.0 Å². The molecule has 3 nitrogen and oxygen atoms in total. The molecule has 0 aromatic heterocycles. The number of aryl methyl sites for hydroxylation is 1. The van der Waals surface area contributed by atoms with Gasteiger partial charge in [-0.05, 0) is 36.2 Å². The molecule has 0 aliphatic carbocycles. The number of nitrogens with one attached hydrogen (secondary N) is 1. The lowest BCUT2D eigenvalue weighted by Gasteiger charge is -2.26. The van der Waals surface area contributed by atoms with E-state index in [9.17, 15) is 9.18 Å². The Balaban J connectivity index is 0.00000264. The van der Waals surface area contributed by atoms with E-state index in [4.69, 9.17) is 5.73 Å². The molecule has 124 valence electrons.